The first kappa shape index (κ1) is 12.7. The van der Waals surface area contributed by atoms with Crippen molar-refractivity contribution in [1.82, 2.24) is 0 Å². The van der Waals surface area contributed by atoms with Crippen molar-refractivity contribution in [2.45, 2.75) is 52.5 Å². The van der Waals surface area contributed by atoms with Gasteiger partial charge in [-0.2, -0.15) is 0 Å². The van der Waals surface area contributed by atoms with Crippen LogP contribution in [0.25, 0.3) is 0 Å². The summed E-state index contributed by atoms with van der Waals surface area (Å²) in [6.45, 7) is 10.0. The second-order valence-corrected chi connectivity index (χ2v) is 6.94. The van der Waals surface area contributed by atoms with Crippen molar-refractivity contribution in [1.29, 1.82) is 0 Å². The first-order chi connectivity index (χ1) is 5.89. The predicted molar refractivity (Wildman–Crippen MR) is 57.7 cm³/mol. The molecule has 0 rings (SSSR count). The molecule has 0 atom stereocenters. The van der Waals surface area contributed by atoms with E-state index in [2.05, 4.69) is 5.92 Å². The maximum atomic E-state index is 5.76. The van der Waals surface area contributed by atoms with Gasteiger partial charge in [-0.3, -0.25) is 0 Å². The van der Waals surface area contributed by atoms with Gasteiger partial charge < -0.3 is 8.85 Å². The lowest BCUT2D eigenvalue weighted by Gasteiger charge is -2.29. The summed E-state index contributed by atoms with van der Waals surface area (Å²) < 4.78 is 11.5. The molecule has 0 bridgehead atoms. The molecule has 13 heavy (non-hydrogen) atoms. The van der Waals surface area contributed by atoms with Crippen LogP contribution >= 0.6 is 0 Å². The molecule has 0 fully saturated rings. The molecule has 0 heterocycles. The molecule has 0 aromatic heterocycles. The molecule has 0 aliphatic rings. The van der Waals surface area contributed by atoms with E-state index in [1.807, 2.05) is 34.2 Å². The van der Waals surface area contributed by atoms with E-state index in [1.165, 1.54) is 0 Å². The van der Waals surface area contributed by atoms with Gasteiger partial charge in [0.25, 0.3) is 0 Å². The van der Waals surface area contributed by atoms with Gasteiger partial charge in [-0.05, 0) is 34.2 Å². The minimum atomic E-state index is -2.11. The zero-order valence-electron chi connectivity index (χ0n) is 9.26. The molecule has 0 saturated heterocycles. The van der Waals surface area contributed by atoms with Gasteiger partial charge in [0.15, 0.2) is 0 Å². The summed E-state index contributed by atoms with van der Waals surface area (Å²) in [6.07, 6.45) is 5.66. The topological polar surface area (TPSA) is 18.5 Å². The van der Waals surface area contributed by atoms with Gasteiger partial charge >= 0.3 is 8.56 Å². The summed E-state index contributed by atoms with van der Waals surface area (Å²) in [4.78, 5) is 0. The van der Waals surface area contributed by atoms with Gasteiger partial charge in [0, 0.05) is 12.2 Å². The Labute approximate surface area is 82.9 Å². The lowest BCUT2D eigenvalue weighted by molar-refractivity contribution is 0.112. The fourth-order valence-electron chi connectivity index (χ4n) is 1.29. The van der Waals surface area contributed by atoms with Crippen molar-refractivity contribution in [2.75, 3.05) is 0 Å². The predicted octanol–water partition coefficient (Wildman–Crippen LogP) is 2.54. The first-order valence-corrected chi connectivity index (χ1v) is 7.21. The lowest BCUT2D eigenvalue weighted by Crippen LogP contribution is -2.42. The third kappa shape index (κ3) is 5.86. The minimum Gasteiger partial charge on any atom is -0.391 e. The van der Waals surface area contributed by atoms with E-state index in [4.69, 9.17) is 15.3 Å². The van der Waals surface area contributed by atoms with E-state index < -0.39 is 8.56 Å². The van der Waals surface area contributed by atoms with E-state index in [-0.39, 0.29) is 12.2 Å². The van der Waals surface area contributed by atoms with Crippen molar-refractivity contribution in [3.8, 4) is 12.3 Å². The number of hydrogen-bond acceptors (Lipinski definition) is 2. The van der Waals surface area contributed by atoms with Crippen LogP contribution in [0.3, 0.4) is 0 Å². The van der Waals surface area contributed by atoms with E-state index in [9.17, 15) is 0 Å². The van der Waals surface area contributed by atoms with Gasteiger partial charge in [-0.15, -0.1) is 12.3 Å². The summed E-state index contributed by atoms with van der Waals surface area (Å²) in [7, 11) is -2.11. The average molecular weight is 200 g/mol. The van der Waals surface area contributed by atoms with Crippen LogP contribution in [0.15, 0.2) is 0 Å². The van der Waals surface area contributed by atoms with Crippen LogP contribution in [0, 0.1) is 12.3 Å². The molecule has 0 N–H and O–H groups in total. The normalized spacial score (nSPS) is 12.2. The summed E-state index contributed by atoms with van der Waals surface area (Å²) >= 11 is 0. The average Bonchev–Trinajstić information content (AvgIpc) is 1.81. The van der Waals surface area contributed by atoms with E-state index in [0.717, 1.165) is 0 Å². The first-order valence-electron chi connectivity index (χ1n) is 4.68. The summed E-state index contributed by atoms with van der Waals surface area (Å²) in [5.41, 5.74) is 0. The zero-order chi connectivity index (χ0) is 10.5. The van der Waals surface area contributed by atoms with Crippen molar-refractivity contribution < 1.29 is 8.85 Å². The van der Waals surface area contributed by atoms with Crippen LogP contribution in [0.4, 0.5) is 0 Å². The molecule has 0 amide bonds. The minimum absolute atomic E-state index is 0.184. The molecule has 0 unspecified atom stereocenters. The van der Waals surface area contributed by atoms with E-state index >= 15 is 0 Å². The van der Waals surface area contributed by atoms with Gasteiger partial charge in [-0.1, -0.05) is 0 Å². The Bertz CT molecular complexity index is 172. The van der Waals surface area contributed by atoms with Crippen LogP contribution in [0.1, 0.15) is 27.7 Å². The number of rotatable bonds is 5. The summed E-state index contributed by atoms with van der Waals surface area (Å²) in [6, 6.07) is 0.614. The molecule has 0 aromatic carbocycles. The third-order valence-electron chi connectivity index (χ3n) is 1.39. The molecule has 2 nitrogen and oxygen atoms in total. The summed E-state index contributed by atoms with van der Waals surface area (Å²) in [5.74, 6) is 2.63. The Morgan fingerprint density at radius 3 is 1.77 bits per heavy atom. The molecular formula is C10H20O2Si. The maximum absolute atomic E-state index is 5.76. The quantitative estimate of drug-likeness (QED) is 0.501. The Morgan fingerprint density at radius 2 is 1.54 bits per heavy atom. The molecule has 0 radical (unpaired) electrons. The van der Waals surface area contributed by atoms with Crippen molar-refractivity contribution in [3.63, 3.8) is 0 Å². The highest BCUT2D eigenvalue weighted by atomic mass is 28.4. The molecule has 0 aromatic rings. The number of hydrogen-bond donors (Lipinski definition) is 0. The molecule has 0 spiro atoms. The molecule has 0 aliphatic carbocycles. The maximum Gasteiger partial charge on any atom is 0.347 e. The molecule has 0 aliphatic heterocycles. The second-order valence-electron chi connectivity index (χ2n) is 3.85. The standard InChI is InChI=1S/C10H20O2Si/c1-7-8-13(6,11-9(2)3)12-10(4)5/h1,9-10H,8H2,2-6H3. The van der Waals surface area contributed by atoms with Crippen molar-refractivity contribution in [3.05, 3.63) is 0 Å². The van der Waals surface area contributed by atoms with Crippen LogP contribution in [-0.4, -0.2) is 20.8 Å². The highest BCUT2D eigenvalue weighted by Gasteiger charge is 2.32. The molecular weight excluding hydrogens is 180 g/mol. The Hall–Kier alpha value is -0.303. The lowest BCUT2D eigenvalue weighted by atomic mass is 10.5. The highest BCUT2D eigenvalue weighted by Crippen LogP contribution is 2.17. The second kappa shape index (κ2) is 5.43. The fraction of sp³-hybridized carbons (Fsp3) is 0.800. The third-order valence-corrected chi connectivity index (χ3v) is 4.18. The van der Waals surface area contributed by atoms with Gasteiger partial charge in [-0.25, -0.2) is 0 Å². The fourth-order valence-corrected chi connectivity index (χ4v) is 3.88. The number of terminal acetylenes is 1. The Kier molecular flexibility index (Phi) is 5.31. The van der Waals surface area contributed by atoms with Crippen LogP contribution in [0.5, 0.6) is 0 Å². The molecule has 0 saturated carbocycles. The zero-order valence-corrected chi connectivity index (χ0v) is 10.3. The van der Waals surface area contributed by atoms with Crippen molar-refractivity contribution >= 4 is 8.56 Å². The van der Waals surface area contributed by atoms with Crippen LogP contribution in [0.2, 0.25) is 12.6 Å². The smallest absolute Gasteiger partial charge is 0.347 e. The van der Waals surface area contributed by atoms with Gasteiger partial charge in [0.1, 0.15) is 0 Å². The summed E-state index contributed by atoms with van der Waals surface area (Å²) in [5, 5.41) is 0. The van der Waals surface area contributed by atoms with Gasteiger partial charge in [0.2, 0.25) is 0 Å². The highest BCUT2D eigenvalue weighted by molar-refractivity contribution is 6.66. The van der Waals surface area contributed by atoms with E-state index in [1.54, 1.807) is 0 Å². The molecule has 76 valence electrons. The van der Waals surface area contributed by atoms with Crippen LogP contribution in [-0.2, 0) is 8.85 Å². The van der Waals surface area contributed by atoms with Crippen LogP contribution < -0.4 is 0 Å². The molecule has 3 heteroatoms. The Balaban J connectivity index is 4.26. The monoisotopic (exact) mass is 200 g/mol. The van der Waals surface area contributed by atoms with E-state index in [0.29, 0.717) is 6.04 Å². The SMILES string of the molecule is C#CC[Si](C)(OC(C)C)OC(C)C. The Morgan fingerprint density at radius 1 is 1.15 bits per heavy atom. The van der Waals surface area contributed by atoms with Gasteiger partial charge in [0.05, 0.1) is 6.04 Å². The largest absolute Gasteiger partial charge is 0.391 e. The van der Waals surface area contributed by atoms with Crippen molar-refractivity contribution in [2.24, 2.45) is 0 Å².